The van der Waals surface area contributed by atoms with Gasteiger partial charge >= 0.3 is 0 Å². The van der Waals surface area contributed by atoms with Gasteiger partial charge in [-0.2, -0.15) is 0 Å². The smallest absolute Gasteiger partial charge is 0.277 e. The lowest BCUT2D eigenvalue weighted by molar-refractivity contribution is 0.102. The molecule has 0 fully saturated rings. The first-order valence-electron chi connectivity index (χ1n) is 6.35. The van der Waals surface area contributed by atoms with E-state index in [4.69, 9.17) is 11.6 Å². The number of nitrogens with one attached hydrogen (secondary N) is 2. The summed E-state index contributed by atoms with van der Waals surface area (Å²) in [5.41, 5.74) is 1.01. The zero-order valence-corrected chi connectivity index (χ0v) is 13.9. The van der Waals surface area contributed by atoms with Gasteiger partial charge in [-0.05, 0) is 53.5 Å². The van der Waals surface area contributed by atoms with E-state index < -0.39 is 5.91 Å². The van der Waals surface area contributed by atoms with Crippen LogP contribution in [0.5, 0.6) is 0 Å². The first-order chi connectivity index (χ1) is 10.0. The monoisotopic (exact) mass is 368 g/mol. The molecule has 2 heterocycles. The van der Waals surface area contributed by atoms with Crippen LogP contribution in [0.3, 0.4) is 0 Å². The van der Waals surface area contributed by atoms with Crippen molar-refractivity contribution in [3.8, 4) is 0 Å². The minimum absolute atomic E-state index is 0.166. The molecule has 2 aromatic rings. The Morgan fingerprint density at radius 1 is 1.43 bits per heavy atom. The molecule has 0 aliphatic heterocycles. The van der Waals surface area contributed by atoms with Crippen LogP contribution in [-0.2, 0) is 0 Å². The fourth-order valence-corrected chi connectivity index (χ4v) is 2.36. The number of rotatable bonds is 4. The maximum atomic E-state index is 12.3. The Kier molecular flexibility index (Phi) is 5.14. The molecule has 0 atom stereocenters. The molecular weight excluding hydrogens is 356 g/mol. The number of amides is 1. The number of anilines is 2. The Labute approximate surface area is 136 Å². The molecule has 0 spiro atoms. The molecule has 0 aliphatic carbocycles. The first-order valence-corrected chi connectivity index (χ1v) is 7.52. The number of carbonyl (C=O) groups excluding carboxylic acids is 1. The van der Waals surface area contributed by atoms with Crippen molar-refractivity contribution in [3.63, 3.8) is 0 Å². The summed E-state index contributed by atoms with van der Waals surface area (Å²) in [7, 11) is 0. The van der Waals surface area contributed by atoms with Crippen molar-refractivity contribution >= 4 is 45.1 Å². The van der Waals surface area contributed by atoms with E-state index in [1.54, 1.807) is 18.3 Å². The SMILES string of the molecule is CCNc1ccc(Cl)c(C(=O)Nc2ncc(Br)cc2C)n1. The van der Waals surface area contributed by atoms with Crippen molar-refractivity contribution in [2.45, 2.75) is 13.8 Å². The van der Waals surface area contributed by atoms with Crippen LogP contribution >= 0.6 is 27.5 Å². The number of hydrogen-bond acceptors (Lipinski definition) is 4. The van der Waals surface area contributed by atoms with E-state index in [0.29, 0.717) is 23.2 Å². The van der Waals surface area contributed by atoms with Gasteiger partial charge < -0.3 is 10.6 Å². The Balaban J connectivity index is 2.25. The van der Waals surface area contributed by atoms with Gasteiger partial charge in [0.2, 0.25) is 0 Å². The van der Waals surface area contributed by atoms with Crippen LogP contribution in [0.25, 0.3) is 0 Å². The number of pyridine rings is 2. The zero-order chi connectivity index (χ0) is 15.4. The third kappa shape index (κ3) is 3.92. The highest BCUT2D eigenvalue weighted by molar-refractivity contribution is 9.10. The molecule has 0 unspecified atom stereocenters. The quantitative estimate of drug-likeness (QED) is 0.858. The van der Waals surface area contributed by atoms with Crippen LogP contribution in [-0.4, -0.2) is 22.4 Å². The van der Waals surface area contributed by atoms with Gasteiger partial charge in [0.25, 0.3) is 5.91 Å². The molecule has 0 bridgehead atoms. The van der Waals surface area contributed by atoms with Crippen LogP contribution < -0.4 is 10.6 Å². The first kappa shape index (κ1) is 15.7. The highest BCUT2D eigenvalue weighted by Gasteiger charge is 2.15. The predicted octanol–water partition coefficient (Wildman–Crippen LogP) is 3.89. The van der Waals surface area contributed by atoms with Gasteiger partial charge in [0.15, 0.2) is 0 Å². The lowest BCUT2D eigenvalue weighted by Gasteiger charge is -2.10. The van der Waals surface area contributed by atoms with Crippen molar-refractivity contribution in [1.29, 1.82) is 0 Å². The summed E-state index contributed by atoms with van der Waals surface area (Å²) in [6.07, 6.45) is 1.62. The largest absolute Gasteiger partial charge is 0.370 e. The van der Waals surface area contributed by atoms with Crippen molar-refractivity contribution in [2.75, 3.05) is 17.2 Å². The van der Waals surface area contributed by atoms with Gasteiger partial charge in [0.05, 0.1) is 5.02 Å². The number of nitrogens with zero attached hydrogens (tertiary/aromatic N) is 2. The van der Waals surface area contributed by atoms with Gasteiger partial charge in [-0.3, -0.25) is 4.79 Å². The van der Waals surface area contributed by atoms with Crippen LogP contribution in [0.2, 0.25) is 5.02 Å². The second kappa shape index (κ2) is 6.87. The molecular formula is C14H14BrClN4O. The maximum Gasteiger partial charge on any atom is 0.277 e. The van der Waals surface area contributed by atoms with E-state index in [-0.39, 0.29) is 5.69 Å². The Hall–Kier alpha value is -1.66. The average Bonchev–Trinajstić information content (AvgIpc) is 2.44. The zero-order valence-electron chi connectivity index (χ0n) is 11.6. The van der Waals surface area contributed by atoms with Crippen molar-refractivity contribution < 1.29 is 4.79 Å². The van der Waals surface area contributed by atoms with Crippen molar-refractivity contribution in [3.05, 3.63) is 45.1 Å². The van der Waals surface area contributed by atoms with Gasteiger partial charge in [0.1, 0.15) is 17.3 Å². The molecule has 5 nitrogen and oxygen atoms in total. The molecule has 7 heteroatoms. The van der Waals surface area contributed by atoms with E-state index in [1.165, 1.54) is 0 Å². The average molecular weight is 370 g/mol. The summed E-state index contributed by atoms with van der Waals surface area (Å²) in [5.74, 6) is 0.695. The van der Waals surface area contributed by atoms with Gasteiger partial charge in [-0.1, -0.05) is 11.6 Å². The summed E-state index contributed by atoms with van der Waals surface area (Å²) in [6, 6.07) is 5.24. The topological polar surface area (TPSA) is 66.9 Å². The van der Waals surface area contributed by atoms with E-state index in [2.05, 4.69) is 36.5 Å². The maximum absolute atomic E-state index is 12.3. The fraction of sp³-hybridized carbons (Fsp3) is 0.214. The molecule has 2 rings (SSSR count). The summed E-state index contributed by atoms with van der Waals surface area (Å²) in [4.78, 5) is 20.7. The molecule has 1 amide bonds. The Bertz CT molecular complexity index is 678. The van der Waals surface area contributed by atoms with Crippen LogP contribution in [0, 0.1) is 6.92 Å². The van der Waals surface area contributed by atoms with E-state index in [9.17, 15) is 4.79 Å². The minimum Gasteiger partial charge on any atom is -0.370 e. The number of hydrogen-bond donors (Lipinski definition) is 2. The third-order valence-electron chi connectivity index (χ3n) is 2.70. The Morgan fingerprint density at radius 2 is 2.19 bits per heavy atom. The van der Waals surface area contributed by atoms with Gasteiger partial charge in [-0.25, -0.2) is 9.97 Å². The summed E-state index contributed by atoms with van der Waals surface area (Å²) < 4.78 is 0.850. The van der Waals surface area contributed by atoms with Crippen LogP contribution in [0.4, 0.5) is 11.6 Å². The fourth-order valence-electron chi connectivity index (χ4n) is 1.72. The second-order valence-corrected chi connectivity index (χ2v) is 5.65. The lowest BCUT2D eigenvalue weighted by Crippen LogP contribution is -2.17. The summed E-state index contributed by atoms with van der Waals surface area (Å²) >= 11 is 9.37. The lowest BCUT2D eigenvalue weighted by atomic mass is 10.2. The number of aryl methyl sites for hydroxylation is 1. The minimum atomic E-state index is -0.391. The molecule has 0 saturated carbocycles. The van der Waals surface area contributed by atoms with Crippen LogP contribution in [0.15, 0.2) is 28.9 Å². The molecule has 0 aromatic carbocycles. The highest BCUT2D eigenvalue weighted by Crippen LogP contribution is 2.20. The van der Waals surface area contributed by atoms with E-state index in [0.717, 1.165) is 10.0 Å². The molecule has 0 saturated heterocycles. The predicted molar refractivity (Wildman–Crippen MR) is 88.0 cm³/mol. The van der Waals surface area contributed by atoms with E-state index in [1.807, 2.05) is 19.9 Å². The summed E-state index contributed by atoms with van der Waals surface area (Å²) in [5, 5.41) is 6.05. The number of halogens is 2. The van der Waals surface area contributed by atoms with Crippen molar-refractivity contribution in [1.82, 2.24) is 9.97 Å². The molecule has 110 valence electrons. The number of carbonyl (C=O) groups is 1. The standard InChI is InChI=1S/C14H14BrClN4O/c1-3-17-11-5-4-10(16)12(19-11)14(21)20-13-8(2)6-9(15)7-18-13/h4-7H,3H2,1-2H3,(H,17,19)(H,18,20,21). The third-order valence-corrected chi connectivity index (χ3v) is 3.43. The van der Waals surface area contributed by atoms with Crippen molar-refractivity contribution in [2.24, 2.45) is 0 Å². The molecule has 0 aliphatic rings. The molecule has 21 heavy (non-hydrogen) atoms. The highest BCUT2D eigenvalue weighted by atomic mass is 79.9. The van der Waals surface area contributed by atoms with Gasteiger partial charge in [0, 0.05) is 17.2 Å². The molecule has 0 radical (unpaired) electrons. The van der Waals surface area contributed by atoms with E-state index >= 15 is 0 Å². The van der Waals surface area contributed by atoms with Crippen LogP contribution in [0.1, 0.15) is 23.0 Å². The second-order valence-electron chi connectivity index (χ2n) is 4.33. The Morgan fingerprint density at radius 3 is 2.86 bits per heavy atom. The summed E-state index contributed by atoms with van der Waals surface area (Å²) in [6.45, 7) is 4.52. The van der Waals surface area contributed by atoms with Gasteiger partial charge in [-0.15, -0.1) is 0 Å². The normalized spacial score (nSPS) is 10.3. The molecule has 2 aromatic heterocycles. The number of aromatic nitrogens is 2. The molecule has 2 N–H and O–H groups in total.